The second-order valence-corrected chi connectivity index (χ2v) is 5.12. The molecule has 20 heavy (non-hydrogen) atoms. The van der Waals surface area contributed by atoms with Gasteiger partial charge in [-0.3, -0.25) is 4.98 Å². The topological polar surface area (TPSA) is 80.7 Å². The molecule has 0 spiro atoms. The molecule has 0 saturated heterocycles. The molecule has 6 heteroatoms. The number of hydrogen-bond donors (Lipinski definition) is 2. The maximum atomic E-state index is 8.78. The highest BCUT2D eigenvalue weighted by molar-refractivity contribution is 9.10. The minimum absolute atomic E-state index is 0.0204. The van der Waals surface area contributed by atoms with Gasteiger partial charge in [-0.15, -0.1) is 0 Å². The van der Waals surface area contributed by atoms with Crippen molar-refractivity contribution >= 4 is 21.8 Å². The van der Waals surface area contributed by atoms with E-state index in [1.54, 1.807) is 12.3 Å². The van der Waals surface area contributed by atoms with E-state index in [-0.39, 0.29) is 5.84 Å². The second-order valence-electron chi connectivity index (χ2n) is 4.33. The number of hydrogen-bond acceptors (Lipinski definition) is 4. The SMILES string of the molecule is Cc1cc(Oc2cnccc2/C(N)=N/O)cc(C)c1Br. The summed E-state index contributed by atoms with van der Waals surface area (Å²) in [5.41, 5.74) is 8.23. The molecule has 0 bridgehead atoms. The van der Waals surface area contributed by atoms with Crippen molar-refractivity contribution in [2.24, 2.45) is 10.9 Å². The minimum atomic E-state index is -0.0204. The van der Waals surface area contributed by atoms with Crippen LogP contribution in [0, 0.1) is 13.8 Å². The number of aryl methyl sites for hydroxylation is 2. The Labute approximate surface area is 125 Å². The number of nitrogens with zero attached hydrogens (tertiary/aromatic N) is 2. The van der Waals surface area contributed by atoms with Gasteiger partial charge in [0.25, 0.3) is 0 Å². The molecule has 0 amide bonds. The Morgan fingerprint density at radius 1 is 1.35 bits per heavy atom. The monoisotopic (exact) mass is 335 g/mol. The van der Waals surface area contributed by atoms with Crippen molar-refractivity contribution in [3.8, 4) is 11.5 Å². The van der Waals surface area contributed by atoms with Crippen LogP contribution >= 0.6 is 15.9 Å². The molecule has 1 heterocycles. The van der Waals surface area contributed by atoms with Crippen molar-refractivity contribution in [2.45, 2.75) is 13.8 Å². The van der Waals surface area contributed by atoms with Gasteiger partial charge in [0, 0.05) is 10.7 Å². The lowest BCUT2D eigenvalue weighted by atomic mass is 10.1. The molecule has 0 fully saturated rings. The van der Waals surface area contributed by atoms with Crippen molar-refractivity contribution in [3.63, 3.8) is 0 Å². The molecule has 0 unspecified atom stereocenters. The number of benzene rings is 1. The summed E-state index contributed by atoms with van der Waals surface area (Å²) >= 11 is 3.51. The molecule has 0 aliphatic rings. The highest BCUT2D eigenvalue weighted by Gasteiger charge is 2.10. The van der Waals surface area contributed by atoms with Crippen molar-refractivity contribution in [2.75, 3.05) is 0 Å². The summed E-state index contributed by atoms with van der Waals surface area (Å²) in [5.74, 6) is 1.08. The van der Waals surface area contributed by atoms with Crippen molar-refractivity contribution in [3.05, 3.63) is 51.8 Å². The molecule has 1 aromatic carbocycles. The van der Waals surface area contributed by atoms with E-state index in [4.69, 9.17) is 15.7 Å². The summed E-state index contributed by atoms with van der Waals surface area (Å²) in [6, 6.07) is 5.43. The molecule has 5 nitrogen and oxygen atoms in total. The van der Waals surface area contributed by atoms with E-state index in [9.17, 15) is 0 Å². The number of amidine groups is 1. The molecule has 0 atom stereocenters. The van der Waals surface area contributed by atoms with Crippen LogP contribution in [-0.4, -0.2) is 16.0 Å². The Balaban J connectivity index is 2.41. The lowest BCUT2D eigenvalue weighted by molar-refractivity contribution is 0.318. The van der Waals surface area contributed by atoms with Gasteiger partial charge in [0.15, 0.2) is 11.6 Å². The van der Waals surface area contributed by atoms with Crippen molar-refractivity contribution in [1.29, 1.82) is 0 Å². The van der Waals surface area contributed by atoms with Gasteiger partial charge in [-0.25, -0.2) is 0 Å². The molecule has 0 aliphatic carbocycles. The number of aromatic nitrogens is 1. The number of oxime groups is 1. The lowest BCUT2D eigenvalue weighted by Crippen LogP contribution is -2.14. The third-order valence-corrected chi connectivity index (χ3v) is 4.06. The molecule has 0 radical (unpaired) electrons. The van der Waals surface area contributed by atoms with Gasteiger partial charge in [-0.1, -0.05) is 21.1 Å². The second kappa shape index (κ2) is 5.92. The zero-order chi connectivity index (χ0) is 14.7. The molecule has 3 N–H and O–H groups in total. The van der Waals surface area contributed by atoms with Crippen LogP contribution in [0.1, 0.15) is 16.7 Å². The average Bonchev–Trinajstić information content (AvgIpc) is 2.44. The molecule has 1 aromatic heterocycles. The molecule has 2 rings (SSSR count). The molecular weight excluding hydrogens is 322 g/mol. The Hall–Kier alpha value is -2.08. The van der Waals surface area contributed by atoms with Gasteiger partial charge in [-0.2, -0.15) is 0 Å². The van der Waals surface area contributed by atoms with Gasteiger partial charge in [0.1, 0.15) is 5.75 Å². The van der Waals surface area contributed by atoms with Gasteiger partial charge in [0.2, 0.25) is 0 Å². The molecule has 104 valence electrons. The quantitative estimate of drug-likeness (QED) is 0.390. The molecule has 0 aliphatic heterocycles. The van der Waals surface area contributed by atoms with Crippen LogP contribution in [0.2, 0.25) is 0 Å². The summed E-state index contributed by atoms with van der Waals surface area (Å²) in [5, 5.41) is 11.8. The van der Waals surface area contributed by atoms with Crippen LogP contribution in [0.5, 0.6) is 11.5 Å². The van der Waals surface area contributed by atoms with Crippen LogP contribution in [0.15, 0.2) is 40.2 Å². The summed E-state index contributed by atoms with van der Waals surface area (Å²) in [6.07, 6.45) is 3.08. The number of halogens is 1. The first-order valence-electron chi connectivity index (χ1n) is 5.89. The predicted molar refractivity (Wildman–Crippen MR) is 80.4 cm³/mol. The van der Waals surface area contributed by atoms with Crippen LogP contribution in [0.4, 0.5) is 0 Å². The average molecular weight is 336 g/mol. The van der Waals surface area contributed by atoms with E-state index in [0.29, 0.717) is 17.1 Å². The Morgan fingerprint density at radius 2 is 2.00 bits per heavy atom. The van der Waals surface area contributed by atoms with E-state index in [0.717, 1.165) is 15.6 Å². The summed E-state index contributed by atoms with van der Waals surface area (Å²) in [7, 11) is 0. The van der Waals surface area contributed by atoms with E-state index < -0.39 is 0 Å². The van der Waals surface area contributed by atoms with E-state index >= 15 is 0 Å². The first-order valence-corrected chi connectivity index (χ1v) is 6.68. The maximum absolute atomic E-state index is 8.78. The maximum Gasteiger partial charge on any atom is 0.173 e. The summed E-state index contributed by atoms with van der Waals surface area (Å²) in [4.78, 5) is 3.99. The van der Waals surface area contributed by atoms with E-state index in [1.165, 1.54) is 6.20 Å². The first kappa shape index (κ1) is 14.3. The number of nitrogens with two attached hydrogens (primary N) is 1. The molecule has 0 saturated carbocycles. The third-order valence-electron chi connectivity index (χ3n) is 2.81. The smallest absolute Gasteiger partial charge is 0.173 e. The fourth-order valence-electron chi connectivity index (χ4n) is 1.82. The normalized spacial score (nSPS) is 11.4. The molecular formula is C14H14BrN3O2. The highest BCUT2D eigenvalue weighted by atomic mass is 79.9. The first-order chi connectivity index (χ1) is 9.52. The van der Waals surface area contributed by atoms with Crippen LogP contribution in [0.3, 0.4) is 0 Å². The third kappa shape index (κ3) is 2.91. The standard InChI is InChI=1S/C14H14BrN3O2/c1-8-5-10(6-9(2)13(8)15)20-12-7-17-4-3-11(12)14(16)18-19/h3-7,19H,1-2H3,(H2,16,18). The molecule has 2 aromatic rings. The Kier molecular flexibility index (Phi) is 4.24. The van der Waals surface area contributed by atoms with Crippen LogP contribution in [0.25, 0.3) is 0 Å². The Morgan fingerprint density at radius 3 is 2.60 bits per heavy atom. The zero-order valence-electron chi connectivity index (χ0n) is 11.1. The largest absolute Gasteiger partial charge is 0.455 e. The number of rotatable bonds is 3. The van der Waals surface area contributed by atoms with E-state index in [1.807, 2.05) is 26.0 Å². The Bertz CT molecular complexity index is 648. The fourth-order valence-corrected chi connectivity index (χ4v) is 2.05. The van der Waals surface area contributed by atoms with Crippen LogP contribution in [-0.2, 0) is 0 Å². The van der Waals surface area contributed by atoms with Gasteiger partial charge < -0.3 is 15.7 Å². The lowest BCUT2D eigenvalue weighted by Gasteiger charge is -2.12. The van der Waals surface area contributed by atoms with Gasteiger partial charge in [-0.05, 0) is 43.2 Å². The zero-order valence-corrected chi connectivity index (χ0v) is 12.7. The van der Waals surface area contributed by atoms with Crippen LogP contribution < -0.4 is 10.5 Å². The fraction of sp³-hybridized carbons (Fsp3) is 0.143. The van der Waals surface area contributed by atoms with E-state index in [2.05, 4.69) is 26.1 Å². The minimum Gasteiger partial charge on any atom is -0.455 e. The number of ether oxygens (including phenoxy) is 1. The van der Waals surface area contributed by atoms with Gasteiger partial charge >= 0.3 is 0 Å². The van der Waals surface area contributed by atoms with Gasteiger partial charge in [0.05, 0.1) is 11.8 Å². The van der Waals surface area contributed by atoms with Crippen molar-refractivity contribution in [1.82, 2.24) is 4.98 Å². The predicted octanol–water partition coefficient (Wildman–Crippen LogP) is 3.35. The summed E-state index contributed by atoms with van der Waals surface area (Å²) < 4.78 is 6.84. The highest BCUT2D eigenvalue weighted by Crippen LogP contribution is 2.30. The number of pyridine rings is 1. The van der Waals surface area contributed by atoms with Crippen molar-refractivity contribution < 1.29 is 9.94 Å². The summed E-state index contributed by atoms with van der Waals surface area (Å²) in [6.45, 7) is 3.97.